The van der Waals surface area contributed by atoms with Gasteiger partial charge in [-0.05, 0) is 31.7 Å². The third kappa shape index (κ3) is 2.28. The zero-order chi connectivity index (χ0) is 10.8. The van der Waals surface area contributed by atoms with E-state index in [2.05, 4.69) is 10.2 Å². The van der Waals surface area contributed by atoms with Gasteiger partial charge in [-0.2, -0.15) is 0 Å². The fraction of sp³-hybridized carbons (Fsp3) is 1.00. The Bertz CT molecular complexity index is 221. The molecule has 0 atom stereocenters. The first-order chi connectivity index (χ1) is 7.89. The topological polar surface area (TPSA) is 15.3 Å². The van der Waals surface area contributed by atoms with Crippen molar-refractivity contribution in [2.45, 2.75) is 56.9 Å². The minimum Gasteiger partial charge on any atom is -0.314 e. The van der Waals surface area contributed by atoms with Gasteiger partial charge in [-0.15, -0.1) is 0 Å². The number of hydrogen-bond donors (Lipinski definition) is 1. The minimum atomic E-state index is 0.561. The van der Waals surface area contributed by atoms with Gasteiger partial charge in [0.15, 0.2) is 0 Å². The normalized spacial score (nSPS) is 30.8. The maximum absolute atomic E-state index is 3.64. The summed E-state index contributed by atoms with van der Waals surface area (Å²) in [6.45, 7) is 5.16. The monoisotopic (exact) mass is 222 g/mol. The summed E-state index contributed by atoms with van der Waals surface area (Å²) < 4.78 is 0. The predicted octanol–water partition coefficient (Wildman–Crippen LogP) is 2.39. The molecule has 0 bridgehead atoms. The van der Waals surface area contributed by atoms with Crippen molar-refractivity contribution in [1.29, 1.82) is 0 Å². The van der Waals surface area contributed by atoms with E-state index in [0.717, 1.165) is 5.92 Å². The van der Waals surface area contributed by atoms with E-state index in [4.69, 9.17) is 0 Å². The van der Waals surface area contributed by atoms with E-state index < -0.39 is 0 Å². The Hall–Kier alpha value is -0.0800. The number of rotatable bonds is 3. The van der Waals surface area contributed by atoms with E-state index in [1.54, 1.807) is 0 Å². The fourth-order valence-corrected chi connectivity index (χ4v) is 3.68. The van der Waals surface area contributed by atoms with Gasteiger partial charge in [0, 0.05) is 25.2 Å². The Morgan fingerprint density at radius 1 is 1.12 bits per heavy atom. The molecule has 3 aliphatic rings. The second-order valence-electron chi connectivity index (χ2n) is 6.18. The number of nitrogens with one attached hydrogen (secondary N) is 1. The molecule has 2 aliphatic carbocycles. The smallest absolute Gasteiger partial charge is 0.0334 e. The summed E-state index contributed by atoms with van der Waals surface area (Å²) in [5.74, 6) is 1.09. The second-order valence-corrected chi connectivity index (χ2v) is 6.18. The molecule has 0 radical (unpaired) electrons. The molecule has 0 aromatic heterocycles. The van der Waals surface area contributed by atoms with Gasteiger partial charge in [0.05, 0.1) is 0 Å². The first kappa shape index (κ1) is 11.0. The highest BCUT2D eigenvalue weighted by Gasteiger charge is 2.39. The maximum atomic E-state index is 3.64. The van der Waals surface area contributed by atoms with E-state index in [-0.39, 0.29) is 0 Å². The molecule has 2 nitrogen and oxygen atoms in total. The first-order valence-electron chi connectivity index (χ1n) is 7.35. The van der Waals surface area contributed by atoms with Crippen molar-refractivity contribution in [1.82, 2.24) is 10.2 Å². The van der Waals surface area contributed by atoms with Crippen LogP contribution in [0.4, 0.5) is 0 Å². The summed E-state index contributed by atoms with van der Waals surface area (Å²) in [6, 6.07) is 0. The Balaban J connectivity index is 1.61. The number of piperazine rings is 1. The van der Waals surface area contributed by atoms with Gasteiger partial charge in [0.1, 0.15) is 0 Å². The number of hydrogen-bond acceptors (Lipinski definition) is 2. The van der Waals surface area contributed by atoms with Gasteiger partial charge in [0.25, 0.3) is 0 Å². The van der Waals surface area contributed by atoms with Crippen molar-refractivity contribution in [3.8, 4) is 0 Å². The van der Waals surface area contributed by atoms with Crippen LogP contribution in [0.2, 0.25) is 0 Å². The molecule has 0 unspecified atom stereocenters. The highest BCUT2D eigenvalue weighted by molar-refractivity contribution is 4.98. The standard InChI is InChI=1S/C14H26N2/c1-2-7-14(8-3-1)12-15-9-11-16(14)10-6-13-4-5-13/h13,15H,1-12H2. The van der Waals surface area contributed by atoms with E-state index in [9.17, 15) is 0 Å². The molecule has 1 N–H and O–H groups in total. The molecule has 0 aromatic rings. The molecule has 1 heterocycles. The van der Waals surface area contributed by atoms with Crippen molar-refractivity contribution in [3.63, 3.8) is 0 Å². The van der Waals surface area contributed by atoms with E-state index in [0.29, 0.717) is 5.54 Å². The van der Waals surface area contributed by atoms with Gasteiger partial charge in [-0.25, -0.2) is 0 Å². The lowest BCUT2D eigenvalue weighted by Gasteiger charge is -2.50. The van der Waals surface area contributed by atoms with Crippen LogP contribution in [0.15, 0.2) is 0 Å². The fourth-order valence-electron chi connectivity index (χ4n) is 3.68. The summed E-state index contributed by atoms with van der Waals surface area (Å²) in [5.41, 5.74) is 0.561. The largest absolute Gasteiger partial charge is 0.314 e. The Kier molecular flexibility index (Phi) is 3.21. The van der Waals surface area contributed by atoms with Crippen LogP contribution in [0.25, 0.3) is 0 Å². The average molecular weight is 222 g/mol. The van der Waals surface area contributed by atoms with Crippen LogP contribution < -0.4 is 5.32 Å². The van der Waals surface area contributed by atoms with Crippen LogP contribution in [0.5, 0.6) is 0 Å². The van der Waals surface area contributed by atoms with E-state index in [1.807, 2.05) is 0 Å². The van der Waals surface area contributed by atoms with Crippen molar-refractivity contribution in [2.24, 2.45) is 5.92 Å². The average Bonchev–Trinajstić information content (AvgIpc) is 3.13. The van der Waals surface area contributed by atoms with Crippen molar-refractivity contribution >= 4 is 0 Å². The third-order valence-electron chi connectivity index (χ3n) is 4.97. The van der Waals surface area contributed by atoms with Crippen molar-refractivity contribution in [2.75, 3.05) is 26.2 Å². The molecule has 92 valence electrons. The van der Waals surface area contributed by atoms with Crippen LogP contribution in [-0.2, 0) is 0 Å². The molecular formula is C14H26N2. The quantitative estimate of drug-likeness (QED) is 0.789. The highest BCUT2D eigenvalue weighted by atomic mass is 15.3. The lowest BCUT2D eigenvalue weighted by Crippen LogP contribution is -2.62. The molecular weight excluding hydrogens is 196 g/mol. The molecule has 0 aromatic carbocycles. The van der Waals surface area contributed by atoms with Crippen molar-refractivity contribution in [3.05, 3.63) is 0 Å². The predicted molar refractivity (Wildman–Crippen MR) is 67.6 cm³/mol. The van der Waals surface area contributed by atoms with E-state index >= 15 is 0 Å². The molecule has 0 amide bonds. The Labute approximate surface area is 99.8 Å². The lowest BCUT2D eigenvalue weighted by molar-refractivity contribution is 0.0257. The second kappa shape index (κ2) is 4.66. The van der Waals surface area contributed by atoms with Crippen molar-refractivity contribution < 1.29 is 0 Å². The molecule has 2 saturated carbocycles. The molecule has 16 heavy (non-hydrogen) atoms. The van der Waals surface area contributed by atoms with Gasteiger partial charge >= 0.3 is 0 Å². The van der Waals surface area contributed by atoms with Crippen LogP contribution >= 0.6 is 0 Å². The molecule has 3 fully saturated rings. The molecule has 1 saturated heterocycles. The molecule has 1 spiro atoms. The first-order valence-corrected chi connectivity index (χ1v) is 7.35. The Morgan fingerprint density at radius 3 is 2.69 bits per heavy atom. The highest BCUT2D eigenvalue weighted by Crippen LogP contribution is 2.37. The summed E-state index contributed by atoms with van der Waals surface area (Å²) in [4.78, 5) is 2.85. The zero-order valence-corrected chi connectivity index (χ0v) is 10.5. The Morgan fingerprint density at radius 2 is 1.94 bits per heavy atom. The number of nitrogens with zero attached hydrogens (tertiary/aromatic N) is 1. The molecule has 2 heteroatoms. The van der Waals surface area contributed by atoms with Crippen LogP contribution in [0.1, 0.15) is 51.4 Å². The van der Waals surface area contributed by atoms with Crippen LogP contribution in [0.3, 0.4) is 0 Å². The minimum absolute atomic E-state index is 0.561. The third-order valence-corrected chi connectivity index (χ3v) is 4.97. The maximum Gasteiger partial charge on any atom is 0.0334 e. The van der Waals surface area contributed by atoms with Crippen LogP contribution in [-0.4, -0.2) is 36.6 Å². The van der Waals surface area contributed by atoms with Gasteiger partial charge in [-0.3, -0.25) is 4.90 Å². The zero-order valence-electron chi connectivity index (χ0n) is 10.5. The molecule has 1 aliphatic heterocycles. The SMILES string of the molecule is C1CCC2(CC1)CNCCN2CCC1CC1. The van der Waals surface area contributed by atoms with Gasteiger partial charge in [-0.1, -0.05) is 32.1 Å². The summed E-state index contributed by atoms with van der Waals surface area (Å²) in [5, 5.41) is 3.64. The lowest BCUT2D eigenvalue weighted by atomic mass is 9.79. The summed E-state index contributed by atoms with van der Waals surface area (Å²) in [6.07, 6.45) is 11.8. The molecule has 3 rings (SSSR count). The summed E-state index contributed by atoms with van der Waals surface area (Å²) >= 11 is 0. The van der Waals surface area contributed by atoms with E-state index in [1.165, 1.54) is 77.5 Å². The summed E-state index contributed by atoms with van der Waals surface area (Å²) in [7, 11) is 0. The van der Waals surface area contributed by atoms with Crippen LogP contribution in [0, 0.1) is 5.92 Å². The van der Waals surface area contributed by atoms with Gasteiger partial charge < -0.3 is 5.32 Å². The van der Waals surface area contributed by atoms with Gasteiger partial charge in [0.2, 0.25) is 0 Å².